The Morgan fingerprint density at radius 1 is 1.32 bits per heavy atom. The molecule has 1 aliphatic heterocycles. The molecule has 0 saturated heterocycles. The lowest BCUT2D eigenvalue weighted by Gasteiger charge is -2.17. The Balaban J connectivity index is 1.82. The Hall–Kier alpha value is -2.39. The summed E-state index contributed by atoms with van der Waals surface area (Å²) in [5.41, 5.74) is 0.750. The van der Waals surface area contributed by atoms with E-state index in [4.69, 9.17) is 4.74 Å². The number of benzene rings is 1. The second-order valence-electron chi connectivity index (χ2n) is 6.01. The van der Waals surface area contributed by atoms with Gasteiger partial charge in [0.15, 0.2) is 10.7 Å². The second-order valence-corrected chi connectivity index (χ2v) is 7.73. The molecule has 1 aromatic heterocycles. The van der Waals surface area contributed by atoms with Crippen LogP contribution in [0.25, 0.3) is 0 Å². The van der Waals surface area contributed by atoms with Crippen LogP contribution in [0.3, 0.4) is 0 Å². The van der Waals surface area contributed by atoms with Gasteiger partial charge in [-0.15, -0.1) is 0 Å². The largest absolute Gasteiger partial charge is 0.491 e. The van der Waals surface area contributed by atoms with Crippen LogP contribution >= 0.6 is 0 Å². The normalized spacial score (nSPS) is 15.7. The van der Waals surface area contributed by atoms with E-state index < -0.39 is 10.0 Å². The lowest BCUT2D eigenvalue weighted by Crippen LogP contribution is -2.35. The summed E-state index contributed by atoms with van der Waals surface area (Å²) >= 11 is 0. The molecule has 0 bridgehead atoms. The summed E-state index contributed by atoms with van der Waals surface area (Å²) in [6, 6.07) is 8.40. The molecule has 0 atom stereocenters. The number of hydrogen-bond donors (Lipinski definition) is 1. The molecule has 134 valence electrons. The number of sulfonamides is 1. The van der Waals surface area contributed by atoms with Crippen molar-refractivity contribution < 1.29 is 17.9 Å². The van der Waals surface area contributed by atoms with E-state index in [2.05, 4.69) is 9.82 Å². The Morgan fingerprint density at radius 2 is 2.00 bits per heavy atom. The summed E-state index contributed by atoms with van der Waals surface area (Å²) in [4.78, 5) is 14.1. The summed E-state index contributed by atoms with van der Waals surface area (Å²) < 4.78 is 33.3. The van der Waals surface area contributed by atoms with Crippen LogP contribution < -0.4 is 14.4 Å². The average molecular weight is 364 g/mol. The van der Waals surface area contributed by atoms with Crippen molar-refractivity contribution in [3.05, 3.63) is 36.0 Å². The number of aromatic nitrogens is 2. The van der Waals surface area contributed by atoms with E-state index in [0.717, 1.165) is 0 Å². The predicted molar refractivity (Wildman–Crippen MR) is 92.4 cm³/mol. The zero-order valence-electron chi connectivity index (χ0n) is 14.3. The van der Waals surface area contributed by atoms with Gasteiger partial charge in [-0.05, 0) is 38.1 Å². The van der Waals surface area contributed by atoms with Crippen LogP contribution in [-0.4, -0.2) is 43.8 Å². The molecule has 0 radical (unpaired) electrons. The lowest BCUT2D eigenvalue weighted by molar-refractivity contribution is 0.0987. The Labute approximate surface area is 146 Å². The van der Waals surface area contributed by atoms with Gasteiger partial charge < -0.3 is 9.64 Å². The van der Waals surface area contributed by atoms with Gasteiger partial charge in [-0.2, -0.15) is 5.10 Å². The molecule has 3 rings (SSSR count). The summed E-state index contributed by atoms with van der Waals surface area (Å²) in [5, 5.41) is 4.14. The van der Waals surface area contributed by atoms with Crippen LogP contribution in [0.1, 0.15) is 24.3 Å². The van der Waals surface area contributed by atoms with Gasteiger partial charge in [-0.3, -0.25) is 9.48 Å². The van der Waals surface area contributed by atoms with Crippen molar-refractivity contribution in [3.63, 3.8) is 0 Å². The first-order chi connectivity index (χ1) is 11.8. The van der Waals surface area contributed by atoms with Crippen LogP contribution in [-0.2, 0) is 16.6 Å². The SMILES string of the molecule is CC(C)Oc1ccc(N(C)C(=O)c2cc3n(n2)CCNS3(=O)=O)cc1. The number of carbonyl (C=O) groups excluding carboxylic acids is 1. The number of amides is 1. The van der Waals surface area contributed by atoms with E-state index in [0.29, 0.717) is 18.0 Å². The number of fused-ring (bicyclic) bond motifs is 1. The first kappa shape index (κ1) is 17.4. The molecule has 1 aliphatic rings. The van der Waals surface area contributed by atoms with Crippen molar-refractivity contribution in [2.75, 3.05) is 18.5 Å². The monoisotopic (exact) mass is 364 g/mol. The van der Waals surface area contributed by atoms with Crippen molar-refractivity contribution in [1.29, 1.82) is 0 Å². The predicted octanol–water partition coefficient (Wildman–Crippen LogP) is 1.24. The van der Waals surface area contributed by atoms with Gasteiger partial charge in [0.1, 0.15) is 5.75 Å². The van der Waals surface area contributed by atoms with Crippen LogP contribution in [0, 0.1) is 0 Å². The van der Waals surface area contributed by atoms with E-state index >= 15 is 0 Å². The zero-order valence-corrected chi connectivity index (χ0v) is 15.1. The third-order valence-electron chi connectivity index (χ3n) is 3.75. The molecule has 1 N–H and O–H groups in total. The van der Waals surface area contributed by atoms with E-state index in [1.807, 2.05) is 13.8 Å². The van der Waals surface area contributed by atoms with Crippen molar-refractivity contribution in [3.8, 4) is 5.75 Å². The fourth-order valence-electron chi connectivity index (χ4n) is 2.55. The fraction of sp³-hybridized carbons (Fsp3) is 0.375. The lowest BCUT2D eigenvalue weighted by atomic mass is 10.2. The average Bonchev–Trinajstić information content (AvgIpc) is 2.99. The first-order valence-corrected chi connectivity index (χ1v) is 9.38. The van der Waals surface area contributed by atoms with Gasteiger partial charge in [0.05, 0.1) is 12.6 Å². The summed E-state index contributed by atoms with van der Waals surface area (Å²) in [7, 11) is -1.98. The minimum Gasteiger partial charge on any atom is -0.491 e. The molecule has 8 nitrogen and oxygen atoms in total. The molecule has 0 fully saturated rings. The van der Waals surface area contributed by atoms with Gasteiger partial charge >= 0.3 is 0 Å². The molecule has 1 aromatic carbocycles. The summed E-state index contributed by atoms with van der Waals surface area (Å²) in [6.07, 6.45) is 0.0673. The fourth-order valence-corrected chi connectivity index (χ4v) is 3.73. The van der Waals surface area contributed by atoms with Crippen molar-refractivity contribution in [1.82, 2.24) is 14.5 Å². The highest BCUT2D eigenvalue weighted by atomic mass is 32.2. The Morgan fingerprint density at radius 3 is 2.60 bits per heavy atom. The summed E-state index contributed by atoms with van der Waals surface area (Å²) in [5.74, 6) is 0.337. The number of nitrogens with zero attached hydrogens (tertiary/aromatic N) is 3. The standard InChI is InChI=1S/C16H20N4O4S/c1-11(2)24-13-6-4-12(5-7-13)19(3)16(21)14-10-15-20(18-14)9-8-17-25(15,22)23/h4-7,10-11,17H,8-9H2,1-3H3. The maximum Gasteiger partial charge on any atom is 0.278 e. The third kappa shape index (κ3) is 3.52. The molecule has 0 unspecified atom stereocenters. The molecule has 2 aromatic rings. The molecule has 0 spiro atoms. The molecule has 1 amide bonds. The van der Waals surface area contributed by atoms with Crippen molar-refractivity contribution in [2.45, 2.75) is 31.5 Å². The molecule has 9 heteroatoms. The van der Waals surface area contributed by atoms with Crippen molar-refractivity contribution >= 4 is 21.6 Å². The highest BCUT2D eigenvalue weighted by molar-refractivity contribution is 7.89. The number of nitrogens with one attached hydrogen (secondary N) is 1. The van der Waals surface area contributed by atoms with Gasteiger partial charge in [0.25, 0.3) is 15.9 Å². The molecule has 0 saturated carbocycles. The number of hydrogen-bond acceptors (Lipinski definition) is 5. The number of ether oxygens (including phenoxy) is 1. The van der Waals surface area contributed by atoms with Gasteiger partial charge in [-0.1, -0.05) is 0 Å². The summed E-state index contributed by atoms with van der Waals surface area (Å²) in [6.45, 7) is 4.53. The molecule has 0 aliphatic carbocycles. The van der Waals surface area contributed by atoms with Crippen molar-refractivity contribution in [2.24, 2.45) is 0 Å². The van der Waals surface area contributed by atoms with Gasteiger partial charge in [0, 0.05) is 25.3 Å². The molecule has 25 heavy (non-hydrogen) atoms. The van der Waals surface area contributed by atoms with Crippen LogP contribution in [0.15, 0.2) is 35.4 Å². The molecule has 2 heterocycles. The highest BCUT2D eigenvalue weighted by Crippen LogP contribution is 2.22. The topological polar surface area (TPSA) is 93.5 Å². The Kier molecular flexibility index (Phi) is 4.53. The second kappa shape index (κ2) is 6.49. The minimum atomic E-state index is -3.60. The minimum absolute atomic E-state index is 0.0104. The number of anilines is 1. The van der Waals surface area contributed by atoms with Gasteiger partial charge in [-0.25, -0.2) is 13.1 Å². The zero-order chi connectivity index (χ0) is 18.2. The number of rotatable bonds is 4. The molecular weight excluding hydrogens is 344 g/mol. The van der Waals surface area contributed by atoms with E-state index in [1.165, 1.54) is 15.6 Å². The van der Waals surface area contributed by atoms with E-state index in [-0.39, 0.29) is 29.3 Å². The van der Waals surface area contributed by atoms with E-state index in [1.54, 1.807) is 31.3 Å². The smallest absolute Gasteiger partial charge is 0.278 e. The quantitative estimate of drug-likeness (QED) is 0.881. The third-order valence-corrected chi connectivity index (χ3v) is 5.22. The molecular formula is C16H20N4O4S. The van der Waals surface area contributed by atoms with E-state index in [9.17, 15) is 13.2 Å². The number of carbonyl (C=O) groups is 1. The highest BCUT2D eigenvalue weighted by Gasteiger charge is 2.28. The van der Waals surface area contributed by atoms with Gasteiger partial charge in [0.2, 0.25) is 0 Å². The van der Waals surface area contributed by atoms with Crippen LogP contribution in [0.2, 0.25) is 0 Å². The maximum atomic E-state index is 12.6. The van der Waals surface area contributed by atoms with Crippen LogP contribution in [0.5, 0.6) is 5.75 Å². The first-order valence-electron chi connectivity index (χ1n) is 7.90. The maximum absolute atomic E-state index is 12.6. The van der Waals surface area contributed by atoms with Crippen LogP contribution in [0.4, 0.5) is 5.69 Å². The Bertz CT molecular complexity index is 887.